The summed E-state index contributed by atoms with van der Waals surface area (Å²) < 4.78 is 6.69. The fraction of sp³-hybridized carbons (Fsp3) is 0.344. The number of nitrogens with zero attached hydrogens (tertiary/aromatic N) is 1. The fourth-order valence-corrected chi connectivity index (χ4v) is 7.21. The lowest BCUT2D eigenvalue weighted by Crippen LogP contribution is -2.57. The van der Waals surface area contributed by atoms with Gasteiger partial charge in [-0.05, 0) is 68.1 Å². The second-order valence-electron chi connectivity index (χ2n) is 11.4. The summed E-state index contributed by atoms with van der Waals surface area (Å²) in [6, 6.07) is 23.6. The molecule has 41 heavy (non-hydrogen) atoms. The van der Waals surface area contributed by atoms with E-state index < -0.39 is 41.0 Å². The molecule has 3 amide bonds. The Morgan fingerprint density at radius 3 is 2.22 bits per heavy atom. The van der Waals surface area contributed by atoms with Gasteiger partial charge in [0.25, 0.3) is 0 Å². The number of carbonyl (C=O) groups is 3. The van der Waals surface area contributed by atoms with Crippen LogP contribution in [0, 0.1) is 11.8 Å². The summed E-state index contributed by atoms with van der Waals surface area (Å²) in [4.78, 5) is 43.9. The number of benzene rings is 3. The van der Waals surface area contributed by atoms with Crippen LogP contribution in [0.25, 0.3) is 0 Å². The largest absolute Gasteiger partial charge is 0.394 e. The van der Waals surface area contributed by atoms with E-state index in [1.165, 1.54) is 4.90 Å². The van der Waals surface area contributed by atoms with Crippen molar-refractivity contribution in [2.24, 2.45) is 11.8 Å². The summed E-state index contributed by atoms with van der Waals surface area (Å²) in [6.45, 7) is 1.50. The Labute approximate surface area is 243 Å². The summed E-state index contributed by atoms with van der Waals surface area (Å²) in [6.07, 6.45) is 1.30. The maximum atomic E-state index is 14.4. The molecule has 3 heterocycles. The van der Waals surface area contributed by atoms with Gasteiger partial charge in [0.05, 0.1) is 30.1 Å². The van der Waals surface area contributed by atoms with Gasteiger partial charge < -0.3 is 25.4 Å². The smallest absolute Gasteiger partial charge is 0.250 e. The summed E-state index contributed by atoms with van der Waals surface area (Å²) in [5.41, 5.74) is -0.0770. The molecule has 2 bridgehead atoms. The Kier molecular flexibility index (Phi) is 7.09. The number of fused-ring (bicyclic) bond motifs is 1. The number of ether oxygens (including phenoxy) is 1. The average molecular weight is 574 g/mol. The molecule has 0 saturated carbocycles. The normalized spacial score (nSPS) is 28.8. The van der Waals surface area contributed by atoms with Crippen molar-refractivity contribution in [1.29, 1.82) is 0 Å². The lowest BCUT2D eigenvalue weighted by Gasteiger charge is -2.37. The van der Waals surface area contributed by atoms with Gasteiger partial charge in [-0.25, -0.2) is 0 Å². The number of hydrogen-bond acceptors (Lipinski definition) is 5. The minimum Gasteiger partial charge on any atom is -0.394 e. The van der Waals surface area contributed by atoms with E-state index in [0.717, 1.165) is 5.56 Å². The highest BCUT2D eigenvalue weighted by molar-refractivity contribution is 6.30. The predicted octanol–water partition coefficient (Wildman–Crippen LogP) is 4.29. The monoisotopic (exact) mass is 573 g/mol. The van der Waals surface area contributed by atoms with Gasteiger partial charge in [0.2, 0.25) is 17.7 Å². The van der Waals surface area contributed by atoms with Gasteiger partial charge in [-0.2, -0.15) is 0 Å². The van der Waals surface area contributed by atoms with Crippen molar-refractivity contribution < 1.29 is 24.2 Å². The standard InChI is InChI=1S/C32H32ClN3O5/c1-31-16-17-32(41-31)26(25(31)28(38)34-22-10-6-3-7-11-22)30(40)36(24(19-37)18-20-8-4-2-5-9-20)27(32)29(39)35-23-14-12-21(33)13-15-23/h2-15,24-27,37H,16-19H2,1H3,(H,34,38)(H,35,39)/t24-,25+,26+,27?,31-,32?/m1/s1. The van der Waals surface area contributed by atoms with Crippen molar-refractivity contribution in [3.8, 4) is 0 Å². The van der Waals surface area contributed by atoms with E-state index in [2.05, 4.69) is 10.6 Å². The van der Waals surface area contributed by atoms with E-state index in [4.69, 9.17) is 16.3 Å². The van der Waals surface area contributed by atoms with E-state index in [9.17, 15) is 19.5 Å². The SMILES string of the molecule is C[C@]12CCC3(O1)C(C(=O)Nc1ccc(Cl)cc1)N([C@@H](CO)Cc1ccccc1)C(=O)[C@@H]3[C@H]2C(=O)Nc1ccccc1. The zero-order chi connectivity index (χ0) is 28.8. The third-order valence-corrected chi connectivity index (χ3v) is 9.07. The Morgan fingerprint density at radius 1 is 0.951 bits per heavy atom. The lowest BCUT2D eigenvalue weighted by molar-refractivity contribution is -0.146. The van der Waals surface area contributed by atoms with Crippen molar-refractivity contribution in [3.63, 3.8) is 0 Å². The number of anilines is 2. The van der Waals surface area contributed by atoms with E-state index in [0.29, 0.717) is 35.7 Å². The molecule has 3 saturated heterocycles. The third-order valence-electron chi connectivity index (χ3n) is 8.82. The molecule has 0 radical (unpaired) electrons. The second-order valence-corrected chi connectivity index (χ2v) is 11.8. The number of para-hydroxylation sites is 1. The number of halogens is 1. The average Bonchev–Trinajstić information content (AvgIpc) is 3.54. The van der Waals surface area contributed by atoms with E-state index in [1.807, 2.05) is 55.5 Å². The maximum absolute atomic E-state index is 14.4. The van der Waals surface area contributed by atoms with Gasteiger partial charge in [0.1, 0.15) is 11.6 Å². The Morgan fingerprint density at radius 2 is 1.56 bits per heavy atom. The molecular formula is C32H32ClN3O5. The molecule has 3 N–H and O–H groups in total. The zero-order valence-electron chi connectivity index (χ0n) is 22.6. The highest BCUT2D eigenvalue weighted by atomic mass is 35.5. The first-order valence-corrected chi connectivity index (χ1v) is 14.2. The minimum absolute atomic E-state index is 0.319. The Bertz CT molecular complexity index is 1450. The molecule has 6 rings (SSSR count). The van der Waals surface area contributed by atoms with Crippen LogP contribution in [0.3, 0.4) is 0 Å². The fourth-order valence-electron chi connectivity index (χ4n) is 7.08. The first-order valence-electron chi connectivity index (χ1n) is 13.9. The van der Waals surface area contributed by atoms with Gasteiger partial charge >= 0.3 is 0 Å². The number of amides is 3. The van der Waals surface area contributed by atoms with Crippen molar-refractivity contribution in [3.05, 3.63) is 95.5 Å². The van der Waals surface area contributed by atoms with E-state index in [1.54, 1.807) is 36.4 Å². The van der Waals surface area contributed by atoms with Crippen LogP contribution in [0.4, 0.5) is 11.4 Å². The number of rotatable bonds is 8. The lowest BCUT2D eigenvalue weighted by atomic mass is 9.66. The number of nitrogens with one attached hydrogen (secondary N) is 2. The highest BCUT2D eigenvalue weighted by Crippen LogP contribution is 2.63. The van der Waals surface area contributed by atoms with Crippen LogP contribution < -0.4 is 10.6 Å². The van der Waals surface area contributed by atoms with Crippen molar-refractivity contribution in [2.75, 3.05) is 17.2 Å². The van der Waals surface area contributed by atoms with E-state index in [-0.39, 0.29) is 18.4 Å². The van der Waals surface area contributed by atoms with Crippen LogP contribution in [0.15, 0.2) is 84.9 Å². The molecule has 3 aliphatic heterocycles. The van der Waals surface area contributed by atoms with Crippen LogP contribution in [0.5, 0.6) is 0 Å². The van der Waals surface area contributed by atoms with Gasteiger partial charge in [-0.1, -0.05) is 60.1 Å². The summed E-state index contributed by atoms with van der Waals surface area (Å²) in [5.74, 6) is -2.79. The van der Waals surface area contributed by atoms with Gasteiger partial charge in [-0.3, -0.25) is 14.4 Å². The number of aliphatic hydroxyl groups is 1. The number of aliphatic hydroxyl groups excluding tert-OH is 1. The zero-order valence-corrected chi connectivity index (χ0v) is 23.4. The topological polar surface area (TPSA) is 108 Å². The quantitative estimate of drug-likeness (QED) is 0.373. The number of likely N-dealkylation sites (tertiary alicyclic amines) is 1. The Balaban J connectivity index is 1.39. The molecule has 0 aromatic heterocycles. The molecule has 3 aromatic carbocycles. The van der Waals surface area contributed by atoms with Gasteiger partial charge in [-0.15, -0.1) is 0 Å². The van der Waals surface area contributed by atoms with Crippen LogP contribution in [-0.4, -0.2) is 57.6 Å². The molecule has 2 unspecified atom stereocenters. The minimum atomic E-state index is -1.22. The molecule has 3 fully saturated rings. The third kappa shape index (κ3) is 4.70. The van der Waals surface area contributed by atoms with Gasteiger partial charge in [0, 0.05) is 16.4 Å². The van der Waals surface area contributed by atoms with Crippen LogP contribution in [0.1, 0.15) is 25.3 Å². The first kappa shape index (κ1) is 27.4. The van der Waals surface area contributed by atoms with Crippen LogP contribution in [0.2, 0.25) is 5.02 Å². The molecule has 0 aliphatic carbocycles. The van der Waals surface area contributed by atoms with Crippen LogP contribution in [-0.2, 0) is 25.5 Å². The molecule has 212 valence electrons. The summed E-state index contributed by atoms with van der Waals surface area (Å²) >= 11 is 6.05. The van der Waals surface area contributed by atoms with Crippen molar-refractivity contribution >= 4 is 40.7 Å². The molecule has 3 aromatic rings. The van der Waals surface area contributed by atoms with Crippen molar-refractivity contribution in [1.82, 2.24) is 4.90 Å². The predicted molar refractivity (Wildman–Crippen MR) is 155 cm³/mol. The van der Waals surface area contributed by atoms with E-state index >= 15 is 0 Å². The van der Waals surface area contributed by atoms with Gasteiger partial charge in [0.15, 0.2) is 0 Å². The molecule has 8 nitrogen and oxygen atoms in total. The summed E-state index contributed by atoms with van der Waals surface area (Å²) in [5, 5.41) is 17.0. The molecule has 1 spiro atoms. The van der Waals surface area contributed by atoms with Crippen LogP contribution >= 0.6 is 11.6 Å². The number of hydrogen-bond donors (Lipinski definition) is 3. The summed E-state index contributed by atoms with van der Waals surface area (Å²) in [7, 11) is 0. The Hall–Kier alpha value is -3.72. The number of carbonyl (C=O) groups excluding carboxylic acids is 3. The molecule has 3 aliphatic rings. The molecule has 6 atom stereocenters. The maximum Gasteiger partial charge on any atom is 0.250 e. The highest BCUT2D eigenvalue weighted by Gasteiger charge is 2.78. The van der Waals surface area contributed by atoms with Crippen molar-refractivity contribution in [2.45, 2.75) is 49.5 Å². The molecule has 9 heteroatoms. The molecular weight excluding hydrogens is 542 g/mol. The first-order chi connectivity index (χ1) is 19.8. The second kappa shape index (κ2) is 10.6.